The fourth-order valence-electron chi connectivity index (χ4n) is 8.98. The number of rotatable bonds is 5. The average molecular weight is 752 g/mol. The summed E-state index contributed by atoms with van der Waals surface area (Å²) in [4.78, 5) is 15.9. The van der Waals surface area contributed by atoms with Gasteiger partial charge in [-0.3, -0.25) is 0 Å². The van der Waals surface area contributed by atoms with E-state index in [-0.39, 0.29) is 0 Å². The Morgan fingerprint density at radius 3 is 1.61 bits per heavy atom. The van der Waals surface area contributed by atoms with Crippen LogP contribution in [0, 0.1) is 0 Å². The number of aromatic nitrogens is 3. The molecule has 0 aliphatic rings. The Morgan fingerprint density at radius 2 is 0.780 bits per heavy atom. The lowest BCUT2D eigenvalue weighted by atomic mass is 9.91. The smallest absolute Gasteiger partial charge is 0.167 e. The lowest BCUT2D eigenvalue weighted by molar-refractivity contribution is 0.669. The lowest BCUT2D eigenvalue weighted by Crippen LogP contribution is -2.01. The molecule has 0 saturated carbocycles. The summed E-state index contributed by atoms with van der Waals surface area (Å²) in [6, 6.07) is 70.5. The molecule has 0 aliphatic carbocycles. The molecule has 2 heterocycles. The van der Waals surface area contributed by atoms with Gasteiger partial charge in [0.15, 0.2) is 17.5 Å². The van der Waals surface area contributed by atoms with Gasteiger partial charge in [0.05, 0.1) is 5.56 Å². The summed E-state index contributed by atoms with van der Waals surface area (Å²) in [7, 11) is 0. The van der Waals surface area contributed by atoms with Gasteiger partial charge >= 0.3 is 0 Å². The van der Waals surface area contributed by atoms with Crippen LogP contribution in [0.5, 0.6) is 0 Å². The van der Waals surface area contributed by atoms with Crippen molar-refractivity contribution < 1.29 is 4.42 Å². The molecule has 0 N–H and O–H groups in total. The molecule has 12 aromatic rings. The minimum Gasteiger partial charge on any atom is -0.455 e. The molecule has 0 unspecified atom stereocenters. The summed E-state index contributed by atoms with van der Waals surface area (Å²) < 4.78 is 6.55. The summed E-state index contributed by atoms with van der Waals surface area (Å²) in [5.41, 5.74) is 8.85. The highest BCUT2D eigenvalue weighted by molar-refractivity contribution is 6.14. The number of nitrogens with zero attached hydrogens (tertiary/aromatic N) is 3. The van der Waals surface area contributed by atoms with Gasteiger partial charge in [-0.25, -0.2) is 15.0 Å². The van der Waals surface area contributed by atoms with Crippen LogP contribution in [-0.2, 0) is 0 Å². The van der Waals surface area contributed by atoms with Crippen LogP contribution in [-0.4, -0.2) is 15.0 Å². The number of para-hydroxylation sites is 2. The van der Waals surface area contributed by atoms with Crippen LogP contribution in [0.25, 0.3) is 121 Å². The lowest BCUT2D eigenvalue weighted by Gasteiger charge is -2.15. The molecule has 2 aromatic heterocycles. The predicted octanol–water partition coefficient (Wildman–Crippen LogP) is 14.7. The Kier molecular flexibility index (Phi) is 7.50. The molecule has 0 saturated heterocycles. The number of hydrogen-bond donors (Lipinski definition) is 0. The van der Waals surface area contributed by atoms with Gasteiger partial charge in [-0.15, -0.1) is 0 Å². The van der Waals surface area contributed by atoms with Gasteiger partial charge < -0.3 is 4.42 Å². The number of benzene rings is 10. The van der Waals surface area contributed by atoms with Gasteiger partial charge in [0.1, 0.15) is 11.2 Å². The molecule has 0 atom stereocenters. The van der Waals surface area contributed by atoms with Crippen molar-refractivity contribution >= 4 is 65.0 Å². The van der Waals surface area contributed by atoms with E-state index in [1.54, 1.807) is 0 Å². The maximum Gasteiger partial charge on any atom is 0.167 e. The van der Waals surface area contributed by atoms with E-state index in [2.05, 4.69) is 176 Å². The van der Waals surface area contributed by atoms with Crippen LogP contribution in [0.15, 0.2) is 205 Å². The normalized spacial score (nSPS) is 11.7. The van der Waals surface area contributed by atoms with Gasteiger partial charge in [-0.2, -0.15) is 0 Å². The molecule has 0 radical (unpaired) electrons. The van der Waals surface area contributed by atoms with Crippen molar-refractivity contribution in [2.45, 2.75) is 0 Å². The zero-order chi connectivity index (χ0) is 38.9. The molecule has 0 fully saturated rings. The van der Waals surface area contributed by atoms with Crippen LogP contribution in [0.3, 0.4) is 0 Å². The monoisotopic (exact) mass is 751 g/mol. The van der Waals surface area contributed by atoms with Crippen LogP contribution in [0.4, 0.5) is 0 Å². The van der Waals surface area contributed by atoms with E-state index in [0.717, 1.165) is 66.1 Å². The van der Waals surface area contributed by atoms with E-state index in [9.17, 15) is 0 Å². The average Bonchev–Trinajstić information content (AvgIpc) is 3.70. The summed E-state index contributed by atoms with van der Waals surface area (Å²) in [5.74, 6) is 1.74. The van der Waals surface area contributed by atoms with Crippen LogP contribution < -0.4 is 0 Å². The standard InChI is InChI=1S/C55H33N3O/c1-3-19-38-34(14-1)16-12-26-41(38)45-30-31-48(43-23-7-6-22-42(43)45)54-56-53(57-55(58-54)49-28-13-27-47-46-25-9-10-29-51(46)59-52(47)49)37-18-11-17-35(32-37)50-33-36-15-2-4-20-39(36)40-21-5-8-24-44(40)50/h1-33H. The molecule has 0 amide bonds. The van der Waals surface area contributed by atoms with Gasteiger partial charge in [0.25, 0.3) is 0 Å². The highest BCUT2D eigenvalue weighted by atomic mass is 16.3. The van der Waals surface area contributed by atoms with Crippen LogP contribution >= 0.6 is 0 Å². The first kappa shape index (κ1) is 33.2. The summed E-state index contributed by atoms with van der Waals surface area (Å²) in [6.07, 6.45) is 0. The third-order valence-electron chi connectivity index (χ3n) is 11.7. The van der Waals surface area contributed by atoms with E-state index in [0.29, 0.717) is 17.5 Å². The minimum atomic E-state index is 0.554. The number of hydrogen-bond acceptors (Lipinski definition) is 4. The van der Waals surface area contributed by atoms with E-state index in [4.69, 9.17) is 19.4 Å². The molecule has 10 aromatic carbocycles. The molecule has 0 spiro atoms. The fourth-order valence-corrected chi connectivity index (χ4v) is 8.98. The van der Waals surface area contributed by atoms with E-state index >= 15 is 0 Å². The topological polar surface area (TPSA) is 51.8 Å². The zero-order valence-electron chi connectivity index (χ0n) is 31.8. The third kappa shape index (κ3) is 5.42. The first-order chi connectivity index (χ1) is 29.2. The maximum absolute atomic E-state index is 6.55. The third-order valence-corrected chi connectivity index (χ3v) is 11.7. The zero-order valence-corrected chi connectivity index (χ0v) is 31.8. The van der Waals surface area contributed by atoms with Crippen molar-refractivity contribution in [2.75, 3.05) is 0 Å². The molecule has 12 rings (SSSR count). The second-order valence-corrected chi connectivity index (χ2v) is 15.1. The van der Waals surface area contributed by atoms with E-state index in [1.807, 2.05) is 24.3 Å². The Hall–Kier alpha value is -7.95. The Labute approximate surface area is 339 Å². The highest BCUT2D eigenvalue weighted by Crippen LogP contribution is 2.41. The fraction of sp³-hybridized carbons (Fsp3) is 0. The van der Waals surface area contributed by atoms with Crippen molar-refractivity contribution in [3.05, 3.63) is 200 Å². The van der Waals surface area contributed by atoms with Gasteiger partial charge in [0.2, 0.25) is 0 Å². The second-order valence-electron chi connectivity index (χ2n) is 15.1. The quantitative estimate of drug-likeness (QED) is 0.164. The molecular weight excluding hydrogens is 719 g/mol. The Balaban J connectivity index is 1.09. The molecular formula is C55H33N3O. The predicted molar refractivity (Wildman–Crippen MR) is 244 cm³/mol. The van der Waals surface area contributed by atoms with Crippen molar-refractivity contribution in [3.63, 3.8) is 0 Å². The molecule has 4 nitrogen and oxygen atoms in total. The summed E-state index contributed by atoms with van der Waals surface area (Å²) in [6.45, 7) is 0. The second kappa shape index (κ2) is 13.3. The van der Waals surface area contributed by atoms with Crippen molar-refractivity contribution in [1.82, 2.24) is 15.0 Å². The number of fused-ring (bicyclic) bond motifs is 8. The molecule has 0 bridgehead atoms. The van der Waals surface area contributed by atoms with E-state index < -0.39 is 0 Å². The number of furan rings is 1. The molecule has 4 heteroatoms. The molecule has 274 valence electrons. The van der Waals surface area contributed by atoms with E-state index in [1.165, 1.54) is 37.9 Å². The Bertz CT molecular complexity index is 3630. The van der Waals surface area contributed by atoms with Crippen molar-refractivity contribution in [2.24, 2.45) is 0 Å². The molecule has 59 heavy (non-hydrogen) atoms. The summed E-state index contributed by atoms with van der Waals surface area (Å²) in [5, 5.41) is 11.6. The molecule has 0 aliphatic heterocycles. The van der Waals surface area contributed by atoms with Crippen LogP contribution in [0.2, 0.25) is 0 Å². The van der Waals surface area contributed by atoms with Gasteiger partial charge in [0, 0.05) is 21.9 Å². The Morgan fingerprint density at radius 1 is 0.271 bits per heavy atom. The SMILES string of the molecule is c1cc(-c2nc(-c3ccc(-c4cccc5ccccc45)c4ccccc34)nc(-c3cccc4c3oc3ccccc34)n2)cc(-c2cc3ccccc3c3ccccc23)c1. The van der Waals surface area contributed by atoms with Crippen molar-refractivity contribution in [3.8, 4) is 56.4 Å². The minimum absolute atomic E-state index is 0.554. The summed E-state index contributed by atoms with van der Waals surface area (Å²) >= 11 is 0. The van der Waals surface area contributed by atoms with Crippen molar-refractivity contribution in [1.29, 1.82) is 0 Å². The largest absolute Gasteiger partial charge is 0.455 e. The first-order valence-corrected chi connectivity index (χ1v) is 19.9. The maximum atomic E-state index is 6.55. The van der Waals surface area contributed by atoms with Gasteiger partial charge in [-0.1, -0.05) is 170 Å². The first-order valence-electron chi connectivity index (χ1n) is 19.9. The van der Waals surface area contributed by atoms with Crippen LogP contribution in [0.1, 0.15) is 0 Å². The van der Waals surface area contributed by atoms with Gasteiger partial charge in [-0.05, 0) is 95.7 Å². The highest BCUT2D eigenvalue weighted by Gasteiger charge is 2.20.